The maximum absolute atomic E-state index is 5.94. The fourth-order valence-electron chi connectivity index (χ4n) is 1.26. The highest BCUT2D eigenvalue weighted by atomic mass is 32.2. The SMILES string of the molecule is CCCSC(OCC(C)C)C(C)([S])OCC(C)C. The quantitative estimate of drug-likeness (QED) is 0.543. The third-order valence-corrected chi connectivity index (χ3v) is 4.20. The minimum Gasteiger partial charge on any atom is -0.363 e. The maximum Gasteiger partial charge on any atom is 0.156 e. The van der Waals surface area contributed by atoms with Gasteiger partial charge < -0.3 is 9.47 Å². The van der Waals surface area contributed by atoms with Crippen molar-refractivity contribution in [1.82, 2.24) is 0 Å². The minimum absolute atomic E-state index is 0.0615. The monoisotopic (exact) mass is 293 g/mol. The van der Waals surface area contributed by atoms with E-state index in [0.29, 0.717) is 18.4 Å². The van der Waals surface area contributed by atoms with Crippen LogP contribution in [0.1, 0.15) is 48.0 Å². The zero-order valence-electron chi connectivity index (χ0n) is 12.7. The number of hydrogen-bond acceptors (Lipinski definition) is 3. The van der Waals surface area contributed by atoms with Crippen molar-refractivity contribution in [1.29, 1.82) is 0 Å². The molecule has 0 bridgehead atoms. The van der Waals surface area contributed by atoms with Crippen LogP contribution < -0.4 is 0 Å². The molecule has 0 aromatic carbocycles. The highest BCUT2D eigenvalue weighted by molar-refractivity contribution is 8.00. The first-order valence-electron chi connectivity index (χ1n) is 6.87. The topological polar surface area (TPSA) is 18.5 Å². The second-order valence-corrected chi connectivity index (χ2v) is 7.63. The van der Waals surface area contributed by atoms with E-state index >= 15 is 0 Å². The molecule has 0 amide bonds. The van der Waals surface area contributed by atoms with Crippen LogP contribution in [0.2, 0.25) is 0 Å². The molecule has 0 aromatic rings. The summed E-state index contributed by atoms with van der Waals surface area (Å²) in [6.07, 6.45) is 1.13. The number of thioether (sulfide) groups is 1. The highest BCUT2D eigenvalue weighted by Gasteiger charge is 2.34. The summed E-state index contributed by atoms with van der Waals surface area (Å²) in [6.45, 7) is 14.1. The van der Waals surface area contributed by atoms with Crippen molar-refractivity contribution in [2.24, 2.45) is 11.8 Å². The molecule has 4 heteroatoms. The molecule has 0 aromatic heterocycles. The molecule has 109 valence electrons. The molecule has 0 fully saturated rings. The standard InChI is InChI=1S/C14H29O2S2/c1-7-8-18-13(15-9-11(2)3)14(6,17)16-10-12(4)5/h11-13H,7-10H2,1-6H3. The van der Waals surface area contributed by atoms with Crippen molar-refractivity contribution in [2.75, 3.05) is 19.0 Å². The summed E-state index contributed by atoms with van der Waals surface area (Å²) in [7, 11) is 0. The molecule has 0 N–H and O–H groups in total. The van der Waals surface area contributed by atoms with Gasteiger partial charge in [0, 0.05) is 0 Å². The van der Waals surface area contributed by atoms with Gasteiger partial charge >= 0.3 is 0 Å². The van der Waals surface area contributed by atoms with E-state index in [4.69, 9.17) is 22.1 Å². The Morgan fingerprint density at radius 2 is 1.67 bits per heavy atom. The molecule has 18 heavy (non-hydrogen) atoms. The lowest BCUT2D eigenvalue weighted by Gasteiger charge is -2.33. The van der Waals surface area contributed by atoms with Crippen LogP contribution in [0.3, 0.4) is 0 Å². The van der Waals surface area contributed by atoms with E-state index < -0.39 is 4.93 Å². The first kappa shape index (κ1) is 18.6. The average molecular weight is 294 g/mol. The van der Waals surface area contributed by atoms with Crippen LogP contribution in [-0.4, -0.2) is 29.3 Å². The van der Waals surface area contributed by atoms with Crippen molar-refractivity contribution in [3.05, 3.63) is 0 Å². The zero-order valence-corrected chi connectivity index (χ0v) is 14.3. The second kappa shape index (κ2) is 9.51. The van der Waals surface area contributed by atoms with Crippen LogP contribution in [0.5, 0.6) is 0 Å². The van der Waals surface area contributed by atoms with E-state index in [1.54, 1.807) is 11.8 Å². The Balaban J connectivity index is 4.38. The molecule has 2 atom stereocenters. The van der Waals surface area contributed by atoms with Gasteiger partial charge in [0.05, 0.1) is 13.2 Å². The van der Waals surface area contributed by atoms with E-state index in [1.807, 2.05) is 6.92 Å². The minimum atomic E-state index is -0.640. The predicted molar refractivity (Wildman–Crippen MR) is 84.1 cm³/mol. The van der Waals surface area contributed by atoms with Crippen molar-refractivity contribution in [3.63, 3.8) is 0 Å². The van der Waals surface area contributed by atoms with Crippen LogP contribution >= 0.6 is 24.4 Å². The molecular formula is C14H29O2S2. The van der Waals surface area contributed by atoms with Crippen molar-refractivity contribution in [2.45, 2.75) is 58.3 Å². The second-order valence-electron chi connectivity index (χ2n) is 5.65. The Morgan fingerprint density at radius 3 is 2.11 bits per heavy atom. The highest BCUT2D eigenvalue weighted by Crippen LogP contribution is 2.32. The molecule has 0 heterocycles. The summed E-state index contributed by atoms with van der Waals surface area (Å²) < 4.78 is 11.8. The fourth-order valence-corrected chi connectivity index (χ4v) is 2.59. The van der Waals surface area contributed by atoms with Gasteiger partial charge in [-0.1, -0.05) is 47.2 Å². The smallest absolute Gasteiger partial charge is 0.156 e. The molecule has 0 aliphatic rings. The van der Waals surface area contributed by atoms with Crippen LogP contribution in [0, 0.1) is 11.8 Å². The third-order valence-electron chi connectivity index (χ3n) is 2.19. The van der Waals surface area contributed by atoms with E-state index in [2.05, 4.69) is 34.6 Å². The van der Waals surface area contributed by atoms with E-state index in [9.17, 15) is 0 Å². The third kappa shape index (κ3) is 8.68. The molecule has 2 unspecified atom stereocenters. The van der Waals surface area contributed by atoms with Gasteiger partial charge in [0.15, 0.2) is 4.93 Å². The van der Waals surface area contributed by atoms with Crippen LogP contribution in [0.25, 0.3) is 0 Å². The Labute approximate surface area is 123 Å². The Bertz CT molecular complexity index is 206. The molecule has 1 radical (unpaired) electrons. The van der Waals surface area contributed by atoms with Gasteiger partial charge in [-0.05, 0) is 30.9 Å². The largest absolute Gasteiger partial charge is 0.363 e. The van der Waals surface area contributed by atoms with Gasteiger partial charge in [-0.25, -0.2) is 0 Å². The normalized spacial score (nSPS) is 17.2. The van der Waals surface area contributed by atoms with Gasteiger partial charge in [-0.2, -0.15) is 0 Å². The zero-order chi connectivity index (χ0) is 14.2. The average Bonchev–Trinajstić information content (AvgIpc) is 2.26. The molecule has 0 aliphatic heterocycles. The number of rotatable bonds is 10. The van der Waals surface area contributed by atoms with Gasteiger partial charge in [-0.3, -0.25) is 0 Å². The van der Waals surface area contributed by atoms with Crippen molar-refractivity contribution in [3.8, 4) is 0 Å². The molecule has 0 spiro atoms. The summed E-state index contributed by atoms with van der Waals surface area (Å²) in [5.41, 5.74) is -0.0615. The lowest BCUT2D eigenvalue weighted by Crippen LogP contribution is -2.38. The molecule has 0 saturated carbocycles. The van der Waals surface area contributed by atoms with E-state index in [1.165, 1.54) is 0 Å². The summed E-state index contributed by atoms with van der Waals surface area (Å²) >= 11 is 7.35. The summed E-state index contributed by atoms with van der Waals surface area (Å²) in [5, 5.41) is 0. The Hall–Kier alpha value is 0.620. The predicted octanol–water partition coefficient (Wildman–Crippen LogP) is 4.71. The summed E-state index contributed by atoms with van der Waals surface area (Å²) in [5.74, 6) is 2.07. The number of hydrogen-bond donors (Lipinski definition) is 0. The fraction of sp³-hybridized carbons (Fsp3) is 1.00. The van der Waals surface area contributed by atoms with Crippen LogP contribution in [-0.2, 0) is 9.47 Å². The van der Waals surface area contributed by atoms with Crippen LogP contribution in [0.15, 0.2) is 0 Å². The lowest BCUT2D eigenvalue weighted by atomic mass is 10.2. The van der Waals surface area contributed by atoms with Gasteiger partial charge in [-0.15, -0.1) is 11.8 Å². The molecule has 0 aliphatic carbocycles. The Morgan fingerprint density at radius 1 is 1.11 bits per heavy atom. The van der Waals surface area contributed by atoms with Crippen LogP contribution in [0.4, 0.5) is 0 Å². The molecule has 0 saturated heterocycles. The van der Waals surface area contributed by atoms with E-state index in [0.717, 1.165) is 18.8 Å². The molecule has 2 nitrogen and oxygen atoms in total. The first-order valence-corrected chi connectivity index (χ1v) is 8.32. The van der Waals surface area contributed by atoms with E-state index in [-0.39, 0.29) is 5.44 Å². The summed E-state index contributed by atoms with van der Waals surface area (Å²) in [4.78, 5) is -0.640. The molecule has 0 rings (SSSR count). The van der Waals surface area contributed by atoms with Gasteiger partial charge in [0.25, 0.3) is 0 Å². The maximum atomic E-state index is 5.94. The lowest BCUT2D eigenvalue weighted by molar-refractivity contribution is -0.0572. The Kier molecular flexibility index (Phi) is 9.84. The van der Waals surface area contributed by atoms with Crippen molar-refractivity contribution < 1.29 is 9.47 Å². The van der Waals surface area contributed by atoms with Gasteiger partial charge in [0.1, 0.15) is 5.44 Å². The van der Waals surface area contributed by atoms with Gasteiger partial charge in [0.2, 0.25) is 0 Å². The number of ether oxygens (including phenoxy) is 2. The summed E-state index contributed by atoms with van der Waals surface area (Å²) in [6, 6.07) is 0. The van der Waals surface area contributed by atoms with Crippen molar-refractivity contribution >= 4 is 24.4 Å². The molecular weight excluding hydrogens is 264 g/mol. The first-order chi connectivity index (χ1) is 8.29.